The molecular formula is C13H15Cl2NO4S. The molecule has 0 amide bonds. The first-order valence-corrected chi connectivity index (χ1v) is 8.53. The lowest BCUT2D eigenvalue weighted by molar-refractivity contribution is -0.142. The summed E-state index contributed by atoms with van der Waals surface area (Å²) in [4.78, 5) is 11.0. The number of aliphatic carboxylic acids is 1. The van der Waals surface area contributed by atoms with Crippen LogP contribution >= 0.6 is 23.2 Å². The molecule has 1 aliphatic heterocycles. The quantitative estimate of drug-likeness (QED) is 0.908. The summed E-state index contributed by atoms with van der Waals surface area (Å²) in [5.41, 5.74) is 0.599. The molecular weight excluding hydrogens is 337 g/mol. The molecule has 0 aromatic heterocycles. The van der Waals surface area contributed by atoms with Crippen LogP contribution in [0, 0.1) is 18.8 Å². The van der Waals surface area contributed by atoms with Crippen molar-refractivity contribution in [3.8, 4) is 0 Å². The SMILES string of the molecule is Cc1ccc(Cl)c(S(=O)(=O)N2C[C@@H](C)[C@H](C(=O)O)C2)c1Cl. The topological polar surface area (TPSA) is 74.7 Å². The third-order valence-electron chi connectivity index (χ3n) is 3.74. The summed E-state index contributed by atoms with van der Waals surface area (Å²) >= 11 is 12.1. The van der Waals surface area contributed by atoms with Crippen LogP contribution in [-0.4, -0.2) is 36.9 Å². The highest BCUT2D eigenvalue weighted by molar-refractivity contribution is 7.89. The molecule has 1 aromatic rings. The third-order valence-corrected chi connectivity index (χ3v) is 6.68. The molecule has 116 valence electrons. The van der Waals surface area contributed by atoms with Crippen molar-refractivity contribution >= 4 is 39.2 Å². The molecule has 0 bridgehead atoms. The molecule has 0 radical (unpaired) electrons. The van der Waals surface area contributed by atoms with Crippen LogP contribution in [0.5, 0.6) is 0 Å². The van der Waals surface area contributed by atoms with E-state index in [9.17, 15) is 13.2 Å². The van der Waals surface area contributed by atoms with Crippen molar-refractivity contribution in [3.63, 3.8) is 0 Å². The maximum atomic E-state index is 12.7. The van der Waals surface area contributed by atoms with E-state index in [-0.39, 0.29) is 33.9 Å². The zero-order valence-electron chi connectivity index (χ0n) is 11.5. The molecule has 0 saturated carbocycles. The van der Waals surface area contributed by atoms with Gasteiger partial charge >= 0.3 is 5.97 Å². The van der Waals surface area contributed by atoms with Gasteiger partial charge in [-0.15, -0.1) is 0 Å². The molecule has 1 fully saturated rings. The number of hydrogen-bond donors (Lipinski definition) is 1. The highest BCUT2D eigenvalue weighted by Gasteiger charge is 2.42. The van der Waals surface area contributed by atoms with E-state index in [1.54, 1.807) is 19.9 Å². The lowest BCUT2D eigenvalue weighted by Gasteiger charge is -2.18. The monoisotopic (exact) mass is 351 g/mol. The number of benzene rings is 1. The van der Waals surface area contributed by atoms with E-state index in [1.165, 1.54) is 6.07 Å². The van der Waals surface area contributed by atoms with E-state index in [2.05, 4.69) is 0 Å². The van der Waals surface area contributed by atoms with Crippen LogP contribution in [0.15, 0.2) is 17.0 Å². The Morgan fingerprint density at radius 3 is 2.48 bits per heavy atom. The molecule has 21 heavy (non-hydrogen) atoms. The van der Waals surface area contributed by atoms with Crippen LogP contribution in [0.25, 0.3) is 0 Å². The molecule has 1 aliphatic rings. The summed E-state index contributed by atoms with van der Waals surface area (Å²) in [5.74, 6) is -1.98. The average Bonchev–Trinajstić information content (AvgIpc) is 2.77. The Morgan fingerprint density at radius 1 is 1.33 bits per heavy atom. The van der Waals surface area contributed by atoms with Crippen LogP contribution in [0.2, 0.25) is 10.0 Å². The second kappa shape index (κ2) is 5.76. The lowest BCUT2D eigenvalue weighted by atomic mass is 9.99. The molecule has 1 saturated heterocycles. The van der Waals surface area contributed by atoms with E-state index in [1.807, 2.05) is 0 Å². The number of hydrogen-bond acceptors (Lipinski definition) is 3. The molecule has 2 atom stereocenters. The van der Waals surface area contributed by atoms with Gasteiger partial charge in [-0.3, -0.25) is 4.79 Å². The number of carboxylic acid groups (broad SMARTS) is 1. The Hall–Kier alpha value is -0.820. The Morgan fingerprint density at radius 2 is 1.95 bits per heavy atom. The first kappa shape index (κ1) is 16.5. The minimum Gasteiger partial charge on any atom is -0.481 e. The minimum atomic E-state index is -3.92. The van der Waals surface area contributed by atoms with Crippen molar-refractivity contribution in [1.82, 2.24) is 4.31 Å². The van der Waals surface area contributed by atoms with Gasteiger partial charge in [0.15, 0.2) is 0 Å². The van der Waals surface area contributed by atoms with Crippen LogP contribution in [-0.2, 0) is 14.8 Å². The average molecular weight is 352 g/mol. The summed E-state index contributed by atoms with van der Waals surface area (Å²) in [5, 5.41) is 9.23. The molecule has 1 heterocycles. The smallest absolute Gasteiger partial charge is 0.308 e. The van der Waals surface area contributed by atoms with Crippen LogP contribution in [0.4, 0.5) is 0 Å². The predicted molar refractivity (Wildman–Crippen MR) is 80.2 cm³/mol. The second-order valence-corrected chi connectivity index (χ2v) is 7.91. The van der Waals surface area contributed by atoms with E-state index in [0.29, 0.717) is 5.56 Å². The molecule has 5 nitrogen and oxygen atoms in total. The number of carboxylic acids is 1. The minimum absolute atomic E-state index is 0.0389. The van der Waals surface area contributed by atoms with Gasteiger partial charge in [-0.25, -0.2) is 8.42 Å². The van der Waals surface area contributed by atoms with Gasteiger partial charge in [0, 0.05) is 13.1 Å². The Bertz CT molecular complexity index is 690. The highest BCUT2D eigenvalue weighted by atomic mass is 35.5. The van der Waals surface area contributed by atoms with Crippen LogP contribution < -0.4 is 0 Å². The van der Waals surface area contributed by atoms with Crippen molar-refractivity contribution < 1.29 is 18.3 Å². The fourth-order valence-electron chi connectivity index (χ4n) is 2.44. The van der Waals surface area contributed by atoms with Gasteiger partial charge in [0.05, 0.1) is 16.0 Å². The third kappa shape index (κ3) is 2.90. The fraction of sp³-hybridized carbons (Fsp3) is 0.462. The van der Waals surface area contributed by atoms with Crippen molar-refractivity contribution in [1.29, 1.82) is 0 Å². The summed E-state index contributed by atoms with van der Waals surface area (Å²) in [6.07, 6.45) is 0. The van der Waals surface area contributed by atoms with Gasteiger partial charge in [0.2, 0.25) is 10.0 Å². The highest BCUT2D eigenvalue weighted by Crippen LogP contribution is 2.36. The van der Waals surface area contributed by atoms with Gasteiger partial charge < -0.3 is 5.11 Å². The summed E-state index contributed by atoms with van der Waals surface area (Å²) < 4.78 is 26.6. The molecule has 0 aliphatic carbocycles. The van der Waals surface area contributed by atoms with Crippen molar-refractivity contribution in [2.75, 3.05) is 13.1 Å². The molecule has 0 unspecified atom stereocenters. The maximum Gasteiger partial charge on any atom is 0.308 e. The normalized spacial score (nSPS) is 23.4. The summed E-state index contributed by atoms with van der Waals surface area (Å²) in [6.45, 7) is 3.47. The lowest BCUT2D eigenvalue weighted by Crippen LogP contribution is -2.30. The van der Waals surface area contributed by atoms with E-state index >= 15 is 0 Å². The largest absolute Gasteiger partial charge is 0.481 e. The number of rotatable bonds is 3. The molecule has 0 spiro atoms. The van der Waals surface area contributed by atoms with Gasteiger partial charge in [0.1, 0.15) is 4.90 Å². The van der Waals surface area contributed by atoms with Gasteiger partial charge in [0.25, 0.3) is 0 Å². The molecule has 1 N–H and O–H groups in total. The van der Waals surface area contributed by atoms with E-state index in [0.717, 1.165) is 4.31 Å². The zero-order chi connectivity index (χ0) is 15.9. The van der Waals surface area contributed by atoms with Gasteiger partial charge in [-0.1, -0.05) is 36.2 Å². The fourth-order valence-corrected chi connectivity index (χ4v) is 5.14. The number of aryl methyl sites for hydroxylation is 1. The Kier molecular flexibility index (Phi) is 4.54. The molecule has 8 heteroatoms. The Labute approximate surface area is 133 Å². The van der Waals surface area contributed by atoms with Crippen LogP contribution in [0.3, 0.4) is 0 Å². The molecule has 2 rings (SSSR count). The number of carbonyl (C=O) groups is 1. The van der Waals surface area contributed by atoms with Crippen molar-refractivity contribution in [2.24, 2.45) is 11.8 Å². The molecule has 1 aromatic carbocycles. The first-order chi connectivity index (χ1) is 9.66. The number of halogens is 2. The van der Waals surface area contributed by atoms with Crippen LogP contribution in [0.1, 0.15) is 12.5 Å². The van der Waals surface area contributed by atoms with Gasteiger partial charge in [-0.2, -0.15) is 4.31 Å². The van der Waals surface area contributed by atoms with Crippen molar-refractivity contribution in [3.05, 3.63) is 27.7 Å². The zero-order valence-corrected chi connectivity index (χ0v) is 13.8. The maximum absolute atomic E-state index is 12.7. The van der Waals surface area contributed by atoms with Crippen molar-refractivity contribution in [2.45, 2.75) is 18.7 Å². The Balaban J connectivity index is 2.46. The first-order valence-electron chi connectivity index (χ1n) is 6.33. The summed E-state index contributed by atoms with van der Waals surface area (Å²) in [6, 6.07) is 3.11. The number of nitrogens with zero attached hydrogens (tertiary/aromatic N) is 1. The summed E-state index contributed by atoms with van der Waals surface area (Å²) in [7, 11) is -3.92. The number of sulfonamides is 1. The van der Waals surface area contributed by atoms with E-state index in [4.69, 9.17) is 28.3 Å². The second-order valence-electron chi connectivity index (χ2n) is 5.25. The standard InChI is InChI=1S/C13H15Cl2NO4S/c1-7-3-4-10(14)12(11(7)15)21(19,20)16-5-8(2)9(6-16)13(17)18/h3-4,8-9H,5-6H2,1-2H3,(H,17,18)/t8-,9-/m1/s1. The van der Waals surface area contributed by atoms with E-state index < -0.39 is 21.9 Å². The van der Waals surface area contributed by atoms with Gasteiger partial charge in [-0.05, 0) is 24.5 Å². The predicted octanol–water partition coefficient (Wildman–Crippen LogP) is 2.64.